The lowest BCUT2D eigenvalue weighted by Gasteiger charge is -2.17. The maximum atomic E-state index is 11.6. The predicted octanol–water partition coefficient (Wildman–Crippen LogP) is 0.142. The number of rotatable bonds is 10. The molecule has 0 atom stereocenters. The van der Waals surface area contributed by atoms with Crippen molar-refractivity contribution in [2.45, 2.75) is 33.6 Å². The van der Waals surface area contributed by atoms with Gasteiger partial charge in [0.2, 0.25) is 5.91 Å². The summed E-state index contributed by atoms with van der Waals surface area (Å²) in [6, 6.07) is 0. The summed E-state index contributed by atoms with van der Waals surface area (Å²) in [4.78, 5) is 11.6. The Bertz CT molecular complexity index is 446. The quantitative estimate of drug-likeness (QED) is 0.491. The normalized spacial score (nSPS) is 11.6. The van der Waals surface area contributed by atoms with Crippen LogP contribution in [0.25, 0.3) is 0 Å². The Balaban J connectivity index is 1.92. The zero-order valence-electron chi connectivity index (χ0n) is 13.7. The predicted molar refractivity (Wildman–Crippen MR) is 83.6 cm³/mol. The highest BCUT2D eigenvalue weighted by Gasteiger charge is 2.20. The third kappa shape index (κ3) is 7.56. The number of aromatic nitrogens is 3. The highest BCUT2D eigenvalue weighted by Crippen LogP contribution is 2.11. The van der Waals surface area contributed by atoms with Gasteiger partial charge in [-0.3, -0.25) is 4.79 Å². The lowest BCUT2D eigenvalue weighted by atomic mass is 9.96. The van der Waals surface area contributed by atoms with Crippen molar-refractivity contribution in [2.24, 2.45) is 5.41 Å². The second-order valence-corrected chi connectivity index (χ2v) is 5.91. The fraction of sp³-hybridized carbons (Fsp3) is 0.786. The lowest BCUT2D eigenvalue weighted by Crippen LogP contribution is -2.36. The van der Waals surface area contributed by atoms with Crippen molar-refractivity contribution in [3.8, 4) is 0 Å². The van der Waals surface area contributed by atoms with Crippen LogP contribution >= 0.6 is 0 Å². The Morgan fingerprint density at radius 3 is 2.55 bits per heavy atom. The summed E-state index contributed by atoms with van der Waals surface area (Å²) in [6.45, 7) is 8.80. The van der Waals surface area contributed by atoms with Crippen LogP contribution in [0, 0.1) is 5.41 Å². The Morgan fingerprint density at radius 2 is 1.95 bits per heavy atom. The van der Waals surface area contributed by atoms with Crippen LogP contribution in [-0.2, 0) is 27.1 Å². The fourth-order valence-corrected chi connectivity index (χ4v) is 1.52. The van der Waals surface area contributed by atoms with E-state index in [4.69, 9.17) is 17.3 Å². The number of amides is 1. The number of carbonyl (C=O) groups excluding carboxylic acids is 1. The molecular formula is C14H25BN4O3. The maximum Gasteiger partial charge on any atom is 0.225 e. The Kier molecular flexibility index (Phi) is 8.12. The minimum atomic E-state index is -0.367. The van der Waals surface area contributed by atoms with E-state index in [1.807, 2.05) is 20.8 Å². The molecule has 0 fully saturated rings. The lowest BCUT2D eigenvalue weighted by molar-refractivity contribution is -0.128. The van der Waals surface area contributed by atoms with Gasteiger partial charge in [0.25, 0.3) is 0 Å². The monoisotopic (exact) mass is 308 g/mol. The number of hydrogen-bond acceptors (Lipinski definition) is 5. The molecule has 0 saturated heterocycles. The van der Waals surface area contributed by atoms with Gasteiger partial charge in [-0.15, -0.1) is 5.10 Å². The van der Waals surface area contributed by atoms with E-state index in [2.05, 4.69) is 15.6 Å². The SMILES string of the molecule is [B]Cc1cn(CCOCCOCCNC(=O)C(C)(C)C)nn1. The molecular weight excluding hydrogens is 283 g/mol. The van der Waals surface area contributed by atoms with E-state index in [9.17, 15) is 4.79 Å². The van der Waals surface area contributed by atoms with Gasteiger partial charge in [0.05, 0.1) is 46.5 Å². The van der Waals surface area contributed by atoms with Crippen molar-refractivity contribution in [3.63, 3.8) is 0 Å². The molecule has 0 aliphatic carbocycles. The van der Waals surface area contributed by atoms with Crippen LogP contribution in [0.4, 0.5) is 0 Å². The largest absolute Gasteiger partial charge is 0.377 e. The van der Waals surface area contributed by atoms with Crippen molar-refractivity contribution >= 4 is 13.8 Å². The second-order valence-electron chi connectivity index (χ2n) is 5.91. The van der Waals surface area contributed by atoms with Crippen LogP contribution in [0.15, 0.2) is 6.20 Å². The highest BCUT2D eigenvalue weighted by atomic mass is 16.5. The molecule has 1 rings (SSSR count). The van der Waals surface area contributed by atoms with E-state index >= 15 is 0 Å². The third-order valence-corrected chi connectivity index (χ3v) is 2.85. The molecule has 0 unspecified atom stereocenters. The Morgan fingerprint density at radius 1 is 1.27 bits per heavy atom. The molecule has 122 valence electrons. The average molecular weight is 308 g/mol. The molecule has 1 heterocycles. The topological polar surface area (TPSA) is 78.3 Å². The summed E-state index contributed by atoms with van der Waals surface area (Å²) >= 11 is 0. The van der Waals surface area contributed by atoms with Gasteiger partial charge in [0.1, 0.15) is 0 Å². The molecule has 0 bridgehead atoms. The molecule has 1 aromatic rings. The number of nitrogens with one attached hydrogen (secondary N) is 1. The van der Waals surface area contributed by atoms with Gasteiger partial charge in [-0.05, 0) is 6.32 Å². The summed E-state index contributed by atoms with van der Waals surface area (Å²) in [5.74, 6) is 0.0250. The standard InChI is InChI=1S/C14H25BN4O3/c1-14(2,3)13(20)16-4-6-21-8-9-22-7-5-19-11-12(10-15)17-18-19/h11H,4-10H2,1-3H3,(H,16,20). The third-order valence-electron chi connectivity index (χ3n) is 2.85. The zero-order valence-corrected chi connectivity index (χ0v) is 13.7. The van der Waals surface area contributed by atoms with Crippen LogP contribution < -0.4 is 5.32 Å². The number of ether oxygens (including phenoxy) is 2. The van der Waals surface area contributed by atoms with E-state index in [0.717, 1.165) is 5.69 Å². The second kappa shape index (κ2) is 9.58. The van der Waals surface area contributed by atoms with Gasteiger partial charge in [-0.1, -0.05) is 26.0 Å². The number of carbonyl (C=O) groups is 1. The van der Waals surface area contributed by atoms with Crippen molar-refractivity contribution in [1.82, 2.24) is 20.3 Å². The molecule has 0 saturated carbocycles. The van der Waals surface area contributed by atoms with Crippen molar-refractivity contribution in [2.75, 3.05) is 33.0 Å². The minimum absolute atomic E-state index is 0.0250. The molecule has 0 aliphatic heterocycles. The molecule has 7 nitrogen and oxygen atoms in total. The highest BCUT2D eigenvalue weighted by molar-refractivity contribution is 6.08. The molecule has 2 radical (unpaired) electrons. The number of nitrogens with zero attached hydrogens (tertiary/aromatic N) is 3. The fourth-order valence-electron chi connectivity index (χ4n) is 1.52. The minimum Gasteiger partial charge on any atom is -0.377 e. The molecule has 1 aromatic heterocycles. The number of hydrogen-bond donors (Lipinski definition) is 1. The van der Waals surface area contributed by atoms with E-state index in [-0.39, 0.29) is 11.3 Å². The molecule has 8 heteroatoms. The first-order valence-corrected chi connectivity index (χ1v) is 7.46. The van der Waals surface area contributed by atoms with E-state index in [0.29, 0.717) is 45.8 Å². The average Bonchev–Trinajstić information content (AvgIpc) is 2.92. The van der Waals surface area contributed by atoms with Crippen molar-refractivity contribution < 1.29 is 14.3 Å². The molecule has 1 N–H and O–H groups in total. The van der Waals surface area contributed by atoms with Crippen molar-refractivity contribution in [1.29, 1.82) is 0 Å². The Hall–Kier alpha value is -1.41. The molecule has 1 amide bonds. The van der Waals surface area contributed by atoms with Crippen LogP contribution in [0.1, 0.15) is 26.5 Å². The first-order chi connectivity index (χ1) is 10.4. The molecule has 0 aliphatic rings. The van der Waals surface area contributed by atoms with Crippen LogP contribution in [0.2, 0.25) is 0 Å². The maximum absolute atomic E-state index is 11.6. The Labute approximate surface area is 133 Å². The van der Waals surface area contributed by atoms with Crippen LogP contribution in [0.3, 0.4) is 0 Å². The van der Waals surface area contributed by atoms with Crippen LogP contribution in [-0.4, -0.2) is 61.7 Å². The van der Waals surface area contributed by atoms with Gasteiger partial charge in [-0.25, -0.2) is 4.68 Å². The van der Waals surface area contributed by atoms with Gasteiger partial charge < -0.3 is 14.8 Å². The molecule has 0 aromatic carbocycles. The summed E-state index contributed by atoms with van der Waals surface area (Å²) in [5.41, 5.74) is 0.398. The van der Waals surface area contributed by atoms with Crippen LogP contribution in [0.5, 0.6) is 0 Å². The summed E-state index contributed by atoms with van der Waals surface area (Å²) < 4.78 is 12.5. The molecule has 22 heavy (non-hydrogen) atoms. The summed E-state index contributed by atoms with van der Waals surface area (Å²) in [7, 11) is 5.45. The first-order valence-electron chi connectivity index (χ1n) is 7.46. The van der Waals surface area contributed by atoms with E-state index < -0.39 is 0 Å². The van der Waals surface area contributed by atoms with Crippen molar-refractivity contribution in [3.05, 3.63) is 11.9 Å². The molecule has 0 spiro atoms. The zero-order chi connectivity index (χ0) is 16.4. The van der Waals surface area contributed by atoms with Gasteiger partial charge in [0.15, 0.2) is 0 Å². The first kappa shape index (κ1) is 18.6. The summed E-state index contributed by atoms with van der Waals surface area (Å²) in [6.07, 6.45) is 2.19. The van der Waals surface area contributed by atoms with Gasteiger partial charge >= 0.3 is 0 Å². The van der Waals surface area contributed by atoms with Gasteiger partial charge in [-0.2, -0.15) is 0 Å². The summed E-state index contributed by atoms with van der Waals surface area (Å²) in [5, 5.41) is 10.6. The van der Waals surface area contributed by atoms with Gasteiger partial charge in [0, 0.05) is 18.2 Å². The van der Waals surface area contributed by atoms with E-state index in [1.54, 1.807) is 10.9 Å². The smallest absolute Gasteiger partial charge is 0.225 e. The van der Waals surface area contributed by atoms with E-state index in [1.165, 1.54) is 0 Å².